The summed E-state index contributed by atoms with van der Waals surface area (Å²) in [6, 6.07) is 5.49. The maximum absolute atomic E-state index is 13.5. The first-order valence-electron chi connectivity index (χ1n) is 5.67. The van der Waals surface area contributed by atoms with E-state index >= 15 is 0 Å². The van der Waals surface area contributed by atoms with Crippen molar-refractivity contribution in [1.82, 2.24) is 4.98 Å². The molecule has 4 nitrogen and oxygen atoms in total. The molecule has 1 heterocycles. The van der Waals surface area contributed by atoms with Crippen molar-refractivity contribution in [2.45, 2.75) is 11.8 Å². The van der Waals surface area contributed by atoms with Crippen molar-refractivity contribution < 1.29 is 14.3 Å². The Morgan fingerprint density at radius 2 is 2.32 bits per heavy atom. The fourth-order valence-electron chi connectivity index (χ4n) is 1.70. The number of hydrogen-bond donors (Lipinski definition) is 2. The number of carboxylic acids is 1. The van der Waals surface area contributed by atoms with Gasteiger partial charge >= 0.3 is 5.97 Å². The van der Waals surface area contributed by atoms with E-state index in [2.05, 4.69) is 4.98 Å². The third kappa shape index (κ3) is 3.42. The van der Waals surface area contributed by atoms with Crippen molar-refractivity contribution in [1.29, 1.82) is 0 Å². The van der Waals surface area contributed by atoms with E-state index in [-0.39, 0.29) is 11.6 Å². The van der Waals surface area contributed by atoms with Gasteiger partial charge in [-0.1, -0.05) is 6.07 Å². The van der Waals surface area contributed by atoms with Crippen molar-refractivity contribution >= 4 is 28.6 Å². The molecule has 19 heavy (non-hydrogen) atoms. The summed E-state index contributed by atoms with van der Waals surface area (Å²) in [5, 5.41) is 9.42. The van der Waals surface area contributed by atoms with Gasteiger partial charge in [0, 0.05) is 23.1 Å². The number of nitrogens with two attached hydrogens (primary N) is 1. The van der Waals surface area contributed by atoms with Crippen LogP contribution in [0.2, 0.25) is 0 Å². The molecule has 2 aromatic rings. The molecule has 6 heteroatoms. The lowest BCUT2D eigenvalue weighted by molar-refractivity contribution is -0.137. The van der Waals surface area contributed by atoms with Gasteiger partial charge in [0.05, 0.1) is 5.52 Å². The molecule has 0 bridgehead atoms. The van der Waals surface area contributed by atoms with Gasteiger partial charge in [-0.25, -0.2) is 4.39 Å². The number of carboxylic acid groups (broad SMARTS) is 1. The minimum atomic E-state index is -1.03. The van der Waals surface area contributed by atoms with Gasteiger partial charge < -0.3 is 10.8 Å². The van der Waals surface area contributed by atoms with Crippen LogP contribution in [0.3, 0.4) is 0 Å². The average molecular weight is 280 g/mol. The maximum atomic E-state index is 13.5. The van der Waals surface area contributed by atoms with E-state index in [9.17, 15) is 9.18 Å². The number of nitrogens with zero attached hydrogens (tertiary/aromatic N) is 1. The first-order chi connectivity index (χ1) is 9.08. The smallest absolute Gasteiger partial charge is 0.321 e. The first-order valence-corrected chi connectivity index (χ1v) is 6.82. The quantitative estimate of drug-likeness (QED) is 0.876. The van der Waals surface area contributed by atoms with Gasteiger partial charge in [0.15, 0.2) is 0 Å². The van der Waals surface area contributed by atoms with E-state index in [4.69, 9.17) is 10.8 Å². The van der Waals surface area contributed by atoms with Crippen molar-refractivity contribution in [2.24, 2.45) is 5.73 Å². The lowest BCUT2D eigenvalue weighted by Crippen LogP contribution is -2.32. The number of benzene rings is 1. The number of thioether (sulfide) groups is 1. The van der Waals surface area contributed by atoms with Crippen LogP contribution in [-0.4, -0.2) is 27.9 Å². The van der Waals surface area contributed by atoms with E-state index in [0.717, 1.165) is 16.5 Å². The van der Waals surface area contributed by atoms with E-state index < -0.39 is 12.0 Å². The van der Waals surface area contributed by atoms with Crippen LogP contribution in [0.1, 0.15) is 5.56 Å². The molecule has 0 aliphatic rings. The van der Waals surface area contributed by atoms with E-state index in [1.165, 1.54) is 23.9 Å². The van der Waals surface area contributed by atoms with Gasteiger partial charge in [0.2, 0.25) is 0 Å². The van der Waals surface area contributed by atoms with Crippen molar-refractivity contribution in [3.8, 4) is 0 Å². The second-order valence-electron chi connectivity index (χ2n) is 4.10. The Morgan fingerprint density at radius 1 is 1.53 bits per heavy atom. The molecule has 1 atom stereocenters. The van der Waals surface area contributed by atoms with Crippen LogP contribution in [0.5, 0.6) is 0 Å². The summed E-state index contributed by atoms with van der Waals surface area (Å²) in [7, 11) is 0. The molecular weight excluding hydrogens is 267 g/mol. The highest BCUT2D eigenvalue weighted by atomic mass is 32.2. The van der Waals surface area contributed by atoms with Crippen LogP contribution in [0.15, 0.2) is 30.5 Å². The summed E-state index contributed by atoms with van der Waals surface area (Å²) in [5.74, 6) is -0.597. The SMILES string of the molecule is NC(CSCc1cc(F)cc2cccnc12)C(=O)O. The van der Waals surface area contributed by atoms with Gasteiger partial charge in [0.1, 0.15) is 11.9 Å². The van der Waals surface area contributed by atoms with Crippen LogP contribution < -0.4 is 5.73 Å². The largest absolute Gasteiger partial charge is 0.480 e. The molecule has 0 aliphatic carbocycles. The molecular formula is C13H13FN2O2S. The molecule has 0 spiro atoms. The summed E-state index contributed by atoms with van der Waals surface area (Å²) in [4.78, 5) is 14.8. The fourth-order valence-corrected chi connectivity index (χ4v) is 2.66. The summed E-state index contributed by atoms with van der Waals surface area (Å²) in [6.45, 7) is 0. The molecule has 3 N–H and O–H groups in total. The molecule has 0 aliphatic heterocycles. The third-order valence-electron chi connectivity index (χ3n) is 2.62. The molecule has 0 fully saturated rings. The van der Waals surface area contributed by atoms with Gasteiger partial charge in [-0.15, -0.1) is 0 Å². The second-order valence-corrected chi connectivity index (χ2v) is 5.13. The summed E-state index contributed by atoms with van der Waals surface area (Å²) >= 11 is 1.35. The monoisotopic (exact) mass is 280 g/mol. The molecule has 1 aromatic heterocycles. The zero-order valence-electron chi connectivity index (χ0n) is 10.0. The Hall–Kier alpha value is -1.66. The summed E-state index contributed by atoms with van der Waals surface area (Å²) < 4.78 is 13.5. The van der Waals surface area contributed by atoms with E-state index in [0.29, 0.717) is 5.75 Å². The number of halogens is 1. The number of rotatable bonds is 5. The van der Waals surface area contributed by atoms with Crippen LogP contribution in [-0.2, 0) is 10.5 Å². The Balaban J connectivity index is 2.14. The molecule has 0 amide bonds. The molecule has 1 aromatic carbocycles. The predicted octanol–water partition coefficient (Wildman–Crippen LogP) is 2.02. The zero-order valence-corrected chi connectivity index (χ0v) is 10.9. The number of aliphatic carboxylic acids is 1. The van der Waals surface area contributed by atoms with Crippen molar-refractivity contribution in [3.05, 3.63) is 41.8 Å². The Bertz CT molecular complexity index is 606. The molecule has 0 saturated heterocycles. The van der Waals surface area contributed by atoms with E-state index in [1.807, 2.05) is 0 Å². The van der Waals surface area contributed by atoms with Crippen molar-refractivity contribution in [3.63, 3.8) is 0 Å². The van der Waals surface area contributed by atoms with Crippen LogP contribution in [0.25, 0.3) is 10.9 Å². The number of aromatic nitrogens is 1. The Morgan fingerprint density at radius 3 is 3.05 bits per heavy atom. The lowest BCUT2D eigenvalue weighted by Gasteiger charge is -2.08. The molecule has 100 valence electrons. The number of carbonyl (C=O) groups is 1. The third-order valence-corrected chi connectivity index (χ3v) is 3.73. The Kier molecular flexibility index (Phi) is 4.34. The van der Waals surface area contributed by atoms with E-state index in [1.54, 1.807) is 18.3 Å². The molecule has 0 saturated carbocycles. The topological polar surface area (TPSA) is 76.2 Å². The maximum Gasteiger partial charge on any atom is 0.321 e. The van der Waals surface area contributed by atoms with Gasteiger partial charge in [-0.05, 0) is 23.8 Å². The molecule has 0 radical (unpaired) electrons. The zero-order chi connectivity index (χ0) is 13.8. The van der Waals surface area contributed by atoms with Gasteiger partial charge in [-0.3, -0.25) is 9.78 Å². The minimum Gasteiger partial charge on any atom is -0.480 e. The highest BCUT2D eigenvalue weighted by Crippen LogP contribution is 2.22. The second kappa shape index (κ2) is 5.99. The fraction of sp³-hybridized carbons (Fsp3) is 0.231. The minimum absolute atomic E-state index is 0.278. The Labute approximate surface area is 113 Å². The van der Waals surface area contributed by atoms with Crippen LogP contribution in [0, 0.1) is 5.82 Å². The first kappa shape index (κ1) is 13.8. The highest BCUT2D eigenvalue weighted by Gasteiger charge is 2.12. The number of hydrogen-bond acceptors (Lipinski definition) is 4. The van der Waals surface area contributed by atoms with Gasteiger partial charge in [-0.2, -0.15) is 11.8 Å². The summed E-state index contributed by atoms with van der Waals surface area (Å²) in [5.41, 5.74) is 6.90. The molecule has 1 unspecified atom stereocenters. The molecule has 2 rings (SSSR count). The van der Waals surface area contributed by atoms with Gasteiger partial charge in [0.25, 0.3) is 0 Å². The standard InChI is InChI=1S/C13H13FN2O2S/c14-10-4-8-2-1-3-16-12(8)9(5-10)6-19-7-11(15)13(17)18/h1-5,11H,6-7,15H2,(H,17,18). The highest BCUT2D eigenvalue weighted by molar-refractivity contribution is 7.98. The normalized spacial score (nSPS) is 12.5. The predicted molar refractivity (Wildman–Crippen MR) is 73.5 cm³/mol. The van der Waals surface area contributed by atoms with Crippen LogP contribution >= 0.6 is 11.8 Å². The number of pyridine rings is 1. The summed E-state index contributed by atoms with van der Waals surface area (Å²) in [6.07, 6.45) is 1.65. The average Bonchev–Trinajstić information content (AvgIpc) is 2.38. The van der Waals surface area contributed by atoms with Crippen LogP contribution in [0.4, 0.5) is 4.39 Å². The lowest BCUT2D eigenvalue weighted by atomic mass is 10.1. The number of fused-ring (bicyclic) bond motifs is 1. The van der Waals surface area contributed by atoms with Crippen molar-refractivity contribution in [2.75, 3.05) is 5.75 Å².